The Balaban J connectivity index is 2.46. The highest BCUT2D eigenvalue weighted by Crippen LogP contribution is 2.14. The van der Waals surface area contributed by atoms with Gasteiger partial charge in [-0.2, -0.15) is 0 Å². The molecule has 0 aliphatic heterocycles. The van der Waals surface area contributed by atoms with Gasteiger partial charge in [0.15, 0.2) is 0 Å². The van der Waals surface area contributed by atoms with Gasteiger partial charge in [-0.05, 0) is 25.8 Å². The van der Waals surface area contributed by atoms with Gasteiger partial charge in [-0.1, -0.05) is 27.2 Å². The van der Waals surface area contributed by atoms with Crippen molar-refractivity contribution in [2.45, 2.75) is 58.9 Å². The van der Waals surface area contributed by atoms with Crippen molar-refractivity contribution in [1.82, 2.24) is 10.3 Å². The number of aryl methyl sites for hydroxylation is 1. The molecule has 1 N–H and O–H groups in total. The van der Waals surface area contributed by atoms with E-state index in [2.05, 4.69) is 36.5 Å². The summed E-state index contributed by atoms with van der Waals surface area (Å²) in [5.74, 6) is 0. The van der Waals surface area contributed by atoms with Gasteiger partial charge in [-0.25, -0.2) is 4.98 Å². The van der Waals surface area contributed by atoms with Crippen LogP contribution >= 0.6 is 11.3 Å². The summed E-state index contributed by atoms with van der Waals surface area (Å²) in [5, 5.41) is 7.10. The van der Waals surface area contributed by atoms with Gasteiger partial charge in [0, 0.05) is 17.8 Å². The van der Waals surface area contributed by atoms with Gasteiger partial charge in [0.25, 0.3) is 0 Å². The van der Waals surface area contributed by atoms with Gasteiger partial charge in [0.2, 0.25) is 0 Å². The number of rotatable bonds is 8. The van der Waals surface area contributed by atoms with Crippen molar-refractivity contribution in [1.29, 1.82) is 0 Å². The third-order valence-corrected chi connectivity index (χ3v) is 3.62. The van der Waals surface area contributed by atoms with Gasteiger partial charge in [0.1, 0.15) is 0 Å². The summed E-state index contributed by atoms with van der Waals surface area (Å²) in [7, 11) is 0. The monoisotopic (exact) mass is 240 g/mol. The molecule has 1 atom stereocenters. The van der Waals surface area contributed by atoms with Gasteiger partial charge in [0.05, 0.1) is 10.7 Å². The van der Waals surface area contributed by atoms with Crippen molar-refractivity contribution < 1.29 is 0 Å². The largest absolute Gasteiger partial charge is 0.314 e. The minimum Gasteiger partial charge on any atom is -0.314 e. The molecule has 0 fully saturated rings. The molecular formula is C13H24N2S. The molecule has 1 heterocycles. The molecule has 1 aromatic rings. The number of hydrogen-bond acceptors (Lipinski definition) is 3. The SMILES string of the molecule is CCCNC(CCC)Cc1nc(CC)cs1. The molecule has 0 aromatic carbocycles. The van der Waals surface area contributed by atoms with Crippen LogP contribution in [0, 0.1) is 0 Å². The molecule has 3 heteroatoms. The van der Waals surface area contributed by atoms with Crippen LogP contribution in [-0.2, 0) is 12.8 Å². The lowest BCUT2D eigenvalue weighted by atomic mass is 10.1. The molecule has 0 amide bonds. The Hall–Kier alpha value is -0.410. The molecule has 0 saturated carbocycles. The first-order valence-electron chi connectivity index (χ1n) is 6.46. The highest BCUT2D eigenvalue weighted by atomic mass is 32.1. The highest BCUT2D eigenvalue weighted by molar-refractivity contribution is 7.09. The van der Waals surface area contributed by atoms with E-state index < -0.39 is 0 Å². The lowest BCUT2D eigenvalue weighted by Crippen LogP contribution is -2.31. The molecule has 0 aliphatic carbocycles. The quantitative estimate of drug-likeness (QED) is 0.753. The third-order valence-electron chi connectivity index (χ3n) is 2.70. The molecule has 0 aliphatic rings. The zero-order chi connectivity index (χ0) is 11.8. The Kier molecular flexibility index (Phi) is 6.65. The number of nitrogens with zero attached hydrogens (tertiary/aromatic N) is 1. The maximum atomic E-state index is 4.64. The lowest BCUT2D eigenvalue weighted by molar-refractivity contribution is 0.472. The number of nitrogens with one attached hydrogen (secondary N) is 1. The van der Waals surface area contributed by atoms with E-state index in [4.69, 9.17) is 0 Å². The predicted molar refractivity (Wildman–Crippen MR) is 72.2 cm³/mol. The van der Waals surface area contributed by atoms with Crippen LogP contribution in [0.3, 0.4) is 0 Å². The molecule has 0 radical (unpaired) electrons. The molecule has 1 aromatic heterocycles. The maximum absolute atomic E-state index is 4.64. The molecule has 92 valence electrons. The summed E-state index contributed by atoms with van der Waals surface area (Å²) in [6.07, 6.45) is 5.85. The van der Waals surface area contributed by atoms with E-state index in [1.807, 2.05) is 11.3 Å². The fourth-order valence-electron chi connectivity index (χ4n) is 1.79. The second kappa shape index (κ2) is 7.80. The Bertz CT molecular complexity index is 283. The summed E-state index contributed by atoms with van der Waals surface area (Å²) in [6, 6.07) is 0.612. The van der Waals surface area contributed by atoms with Crippen LogP contribution in [0.2, 0.25) is 0 Å². The van der Waals surface area contributed by atoms with E-state index in [9.17, 15) is 0 Å². The predicted octanol–water partition coefficient (Wildman–Crippen LogP) is 3.42. The van der Waals surface area contributed by atoms with Gasteiger partial charge < -0.3 is 5.32 Å². The van der Waals surface area contributed by atoms with Crippen molar-refractivity contribution in [3.8, 4) is 0 Å². The summed E-state index contributed by atoms with van der Waals surface area (Å²) in [5.41, 5.74) is 1.24. The zero-order valence-corrected chi connectivity index (χ0v) is 11.6. The van der Waals surface area contributed by atoms with Crippen molar-refractivity contribution in [3.63, 3.8) is 0 Å². The van der Waals surface area contributed by atoms with Crippen LogP contribution in [-0.4, -0.2) is 17.6 Å². The standard InChI is InChI=1S/C13H24N2S/c1-4-7-12(14-8-5-2)9-13-15-11(6-3)10-16-13/h10,12,14H,4-9H2,1-3H3. The van der Waals surface area contributed by atoms with Crippen molar-refractivity contribution >= 4 is 11.3 Å². The molecule has 0 saturated heterocycles. The van der Waals surface area contributed by atoms with E-state index in [1.54, 1.807) is 0 Å². The minimum absolute atomic E-state index is 0.612. The van der Waals surface area contributed by atoms with Crippen LogP contribution < -0.4 is 5.32 Å². The van der Waals surface area contributed by atoms with Gasteiger partial charge >= 0.3 is 0 Å². The molecular weight excluding hydrogens is 216 g/mol. The highest BCUT2D eigenvalue weighted by Gasteiger charge is 2.10. The van der Waals surface area contributed by atoms with Gasteiger partial charge in [-0.3, -0.25) is 0 Å². The number of aromatic nitrogens is 1. The first kappa shape index (κ1) is 13.7. The maximum Gasteiger partial charge on any atom is 0.0943 e. The minimum atomic E-state index is 0.612. The van der Waals surface area contributed by atoms with Crippen molar-refractivity contribution in [2.24, 2.45) is 0 Å². The van der Waals surface area contributed by atoms with E-state index in [-0.39, 0.29) is 0 Å². The molecule has 1 unspecified atom stereocenters. The van der Waals surface area contributed by atoms with E-state index in [1.165, 1.54) is 30.0 Å². The molecule has 0 bridgehead atoms. The summed E-state index contributed by atoms with van der Waals surface area (Å²) in [4.78, 5) is 4.64. The average molecular weight is 240 g/mol. The Labute approximate surface area is 103 Å². The molecule has 2 nitrogen and oxygen atoms in total. The second-order valence-electron chi connectivity index (χ2n) is 4.23. The van der Waals surface area contributed by atoms with Crippen molar-refractivity contribution in [3.05, 3.63) is 16.1 Å². The fraction of sp³-hybridized carbons (Fsp3) is 0.769. The summed E-state index contributed by atoms with van der Waals surface area (Å²) >= 11 is 1.81. The van der Waals surface area contributed by atoms with E-state index >= 15 is 0 Å². The summed E-state index contributed by atoms with van der Waals surface area (Å²) < 4.78 is 0. The van der Waals surface area contributed by atoms with E-state index in [0.29, 0.717) is 6.04 Å². The first-order chi connectivity index (χ1) is 7.80. The summed E-state index contributed by atoms with van der Waals surface area (Å²) in [6.45, 7) is 7.75. The van der Waals surface area contributed by atoms with E-state index in [0.717, 1.165) is 19.4 Å². The smallest absolute Gasteiger partial charge is 0.0943 e. The molecule has 1 rings (SSSR count). The Morgan fingerprint density at radius 1 is 1.31 bits per heavy atom. The van der Waals surface area contributed by atoms with Crippen LogP contribution in [0.5, 0.6) is 0 Å². The van der Waals surface area contributed by atoms with Crippen LogP contribution in [0.1, 0.15) is 50.7 Å². The normalized spacial score (nSPS) is 12.9. The first-order valence-corrected chi connectivity index (χ1v) is 7.34. The van der Waals surface area contributed by atoms with Crippen LogP contribution in [0.15, 0.2) is 5.38 Å². The number of hydrogen-bond donors (Lipinski definition) is 1. The molecule has 0 spiro atoms. The van der Waals surface area contributed by atoms with Crippen LogP contribution in [0.4, 0.5) is 0 Å². The molecule has 16 heavy (non-hydrogen) atoms. The Morgan fingerprint density at radius 3 is 2.69 bits per heavy atom. The number of thiazole rings is 1. The third kappa shape index (κ3) is 4.62. The zero-order valence-electron chi connectivity index (χ0n) is 10.8. The Morgan fingerprint density at radius 2 is 2.12 bits per heavy atom. The lowest BCUT2D eigenvalue weighted by Gasteiger charge is -2.16. The van der Waals surface area contributed by atoms with Crippen molar-refractivity contribution in [2.75, 3.05) is 6.54 Å². The average Bonchev–Trinajstić information content (AvgIpc) is 2.74. The van der Waals surface area contributed by atoms with Crippen LogP contribution in [0.25, 0.3) is 0 Å². The fourth-order valence-corrected chi connectivity index (χ4v) is 2.75. The van der Waals surface area contributed by atoms with Gasteiger partial charge in [-0.15, -0.1) is 11.3 Å². The second-order valence-corrected chi connectivity index (χ2v) is 5.17. The topological polar surface area (TPSA) is 24.9 Å².